The summed E-state index contributed by atoms with van der Waals surface area (Å²) in [6, 6.07) is 10.2. The van der Waals surface area contributed by atoms with E-state index in [0.29, 0.717) is 13.1 Å². The van der Waals surface area contributed by atoms with Gasteiger partial charge in [0.05, 0.1) is 18.2 Å². The number of aromatic nitrogens is 1. The molecule has 1 aromatic carbocycles. The molecule has 2 fully saturated rings. The summed E-state index contributed by atoms with van der Waals surface area (Å²) in [6.45, 7) is 3.33. The zero-order valence-electron chi connectivity index (χ0n) is 15.9. The molecule has 0 spiro atoms. The van der Waals surface area contributed by atoms with E-state index in [0.717, 1.165) is 49.8 Å². The van der Waals surface area contributed by atoms with Crippen molar-refractivity contribution in [1.29, 1.82) is 0 Å². The Hall–Kier alpha value is -2.51. The minimum absolute atomic E-state index is 0.164. The normalized spacial score (nSPS) is 22.1. The van der Waals surface area contributed by atoms with Crippen molar-refractivity contribution in [2.45, 2.75) is 25.4 Å². The largest absolute Gasteiger partial charge is 0.483 e. The highest BCUT2D eigenvalue weighted by Crippen LogP contribution is 2.25. The molecule has 3 heterocycles. The molecule has 7 heteroatoms. The van der Waals surface area contributed by atoms with E-state index in [1.165, 1.54) is 5.56 Å². The van der Waals surface area contributed by atoms with Crippen LogP contribution < -0.4 is 0 Å². The van der Waals surface area contributed by atoms with Gasteiger partial charge in [-0.1, -0.05) is 18.2 Å². The monoisotopic (exact) mass is 385 g/mol. The molecule has 0 radical (unpaired) electrons. The predicted octanol–water partition coefficient (Wildman–Crippen LogP) is 1.39. The Morgan fingerprint density at radius 1 is 1.18 bits per heavy atom. The van der Waals surface area contributed by atoms with Crippen molar-refractivity contribution in [2.24, 2.45) is 5.92 Å². The Bertz CT molecular complexity index is 802. The Morgan fingerprint density at radius 2 is 1.89 bits per heavy atom. The summed E-state index contributed by atoms with van der Waals surface area (Å²) in [6.07, 6.45) is 4.52. The third-order valence-electron chi connectivity index (χ3n) is 5.52. The molecule has 2 saturated heterocycles. The standard InChI is InChI=1S/C20H25N3O2.CH2O2/c24-19-13-22(14-20(25)23-9-3-4-10-23)12-16(19)11-15-7-8-21-18-6-2-1-5-17(15)18;2-1-3/h1-2,5-8,16,19,24H,3-4,9-14H2;1H,(H,2,3)/t16-,19-;/m1./s1. The Labute approximate surface area is 164 Å². The van der Waals surface area contributed by atoms with E-state index < -0.39 is 0 Å². The quantitative estimate of drug-likeness (QED) is 0.773. The number of likely N-dealkylation sites (tertiary alicyclic amines) is 2. The molecule has 1 amide bonds. The minimum atomic E-state index is -0.377. The summed E-state index contributed by atoms with van der Waals surface area (Å²) >= 11 is 0. The summed E-state index contributed by atoms with van der Waals surface area (Å²) in [4.78, 5) is 29.2. The second kappa shape index (κ2) is 9.61. The lowest BCUT2D eigenvalue weighted by atomic mass is 9.94. The maximum atomic E-state index is 12.3. The number of hydrogen-bond acceptors (Lipinski definition) is 5. The fraction of sp³-hybridized carbons (Fsp3) is 0.476. The summed E-state index contributed by atoms with van der Waals surface area (Å²) in [5.41, 5.74) is 2.22. The number of pyridine rings is 1. The number of carbonyl (C=O) groups excluding carboxylic acids is 1. The lowest BCUT2D eigenvalue weighted by molar-refractivity contribution is -0.131. The first-order valence-electron chi connectivity index (χ1n) is 9.71. The zero-order valence-corrected chi connectivity index (χ0v) is 15.9. The van der Waals surface area contributed by atoms with E-state index in [1.54, 1.807) is 0 Å². The molecule has 2 aliphatic rings. The van der Waals surface area contributed by atoms with Crippen molar-refractivity contribution < 1.29 is 19.8 Å². The number of hydrogen-bond donors (Lipinski definition) is 2. The molecule has 0 saturated carbocycles. The molecule has 2 N–H and O–H groups in total. The van der Waals surface area contributed by atoms with E-state index in [4.69, 9.17) is 9.90 Å². The van der Waals surface area contributed by atoms with Gasteiger partial charge >= 0.3 is 0 Å². The molecule has 2 aliphatic heterocycles. The number of carboxylic acid groups (broad SMARTS) is 1. The summed E-state index contributed by atoms with van der Waals surface area (Å²) in [5.74, 6) is 0.372. The van der Waals surface area contributed by atoms with Crippen LogP contribution in [0.4, 0.5) is 0 Å². The molecule has 4 rings (SSSR count). The first-order valence-corrected chi connectivity index (χ1v) is 9.71. The van der Waals surface area contributed by atoms with E-state index in [9.17, 15) is 9.90 Å². The van der Waals surface area contributed by atoms with Gasteiger partial charge in [-0.25, -0.2) is 0 Å². The van der Waals surface area contributed by atoms with Crippen LogP contribution in [0.5, 0.6) is 0 Å². The van der Waals surface area contributed by atoms with Gasteiger partial charge in [0.25, 0.3) is 6.47 Å². The number of carbonyl (C=O) groups is 2. The molecular formula is C21H27N3O4. The molecule has 2 atom stereocenters. The van der Waals surface area contributed by atoms with Crippen molar-refractivity contribution in [3.63, 3.8) is 0 Å². The van der Waals surface area contributed by atoms with Gasteiger partial charge in [-0.3, -0.25) is 19.5 Å². The first kappa shape index (κ1) is 20.2. The highest BCUT2D eigenvalue weighted by Gasteiger charge is 2.33. The molecule has 7 nitrogen and oxygen atoms in total. The molecule has 1 aromatic heterocycles. The van der Waals surface area contributed by atoms with Gasteiger partial charge in [-0.05, 0) is 37.0 Å². The van der Waals surface area contributed by atoms with Gasteiger partial charge < -0.3 is 15.1 Å². The predicted molar refractivity (Wildman–Crippen MR) is 106 cm³/mol. The number of rotatable bonds is 4. The smallest absolute Gasteiger partial charge is 0.290 e. The van der Waals surface area contributed by atoms with Gasteiger partial charge in [0.2, 0.25) is 5.91 Å². The van der Waals surface area contributed by atoms with E-state index in [-0.39, 0.29) is 24.4 Å². The van der Waals surface area contributed by atoms with Crippen LogP contribution in [0.2, 0.25) is 0 Å². The zero-order chi connectivity index (χ0) is 19.9. The van der Waals surface area contributed by atoms with Gasteiger partial charge in [-0.15, -0.1) is 0 Å². The van der Waals surface area contributed by atoms with Gasteiger partial charge in [0.1, 0.15) is 0 Å². The molecule has 0 aliphatic carbocycles. The Morgan fingerprint density at radius 3 is 2.64 bits per heavy atom. The average Bonchev–Trinajstić information content (AvgIpc) is 3.33. The lowest BCUT2D eigenvalue weighted by Crippen LogP contribution is -2.38. The molecular weight excluding hydrogens is 358 g/mol. The number of para-hydroxylation sites is 1. The van der Waals surface area contributed by atoms with Crippen molar-refractivity contribution in [3.8, 4) is 0 Å². The summed E-state index contributed by atoms with van der Waals surface area (Å²) in [7, 11) is 0. The van der Waals surface area contributed by atoms with Crippen molar-refractivity contribution in [2.75, 3.05) is 32.7 Å². The van der Waals surface area contributed by atoms with Crippen LogP contribution in [-0.2, 0) is 16.0 Å². The van der Waals surface area contributed by atoms with E-state index >= 15 is 0 Å². The molecule has 28 heavy (non-hydrogen) atoms. The maximum absolute atomic E-state index is 12.3. The molecule has 0 unspecified atom stereocenters. The highest BCUT2D eigenvalue weighted by atomic mass is 16.3. The van der Waals surface area contributed by atoms with Crippen LogP contribution in [0.15, 0.2) is 36.5 Å². The third kappa shape index (κ3) is 4.85. The maximum Gasteiger partial charge on any atom is 0.290 e. The number of amides is 1. The Kier molecular flexibility index (Phi) is 6.95. The minimum Gasteiger partial charge on any atom is -0.483 e. The molecule has 0 bridgehead atoms. The number of aliphatic hydroxyl groups is 1. The number of β-amino-alcohol motifs (C(OH)–C–C–N with tert-alkyl or cyclic N) is 1. The molecule has 2 aromatic rings. The highest BCUT2D eigenvalue weighted by molar-refractivity contribution is 5.82. The number of nitrogens with zero attached hydrogens (tertiary/aromatic N) is 3. The number of aliphatic hydroxyl groups excluding tert-OH is 1. The SMILES string of the molecule is O=C(CN1C[C@@H](Cc2ccnc3ccccc23)[C@H](O)C1)N1CCCC1.O=CO. The van der Waals surface area contributed by atoms with Crippen LogP contribution in [0, 0.1) is 5.92 Å². The topological polar surface area (TPSA) is 94.0 Å². The Balaban J connectivity index is 0.000000706. The fourth-order valence-electron chi connectivity index (χ4n) is 4.14. The van der Waals surface area contributed by atoms with Gasteiger partial charge in [0.15, 0.2) is 0 Å². The van der Waals surface area contributed by atoms with Crippen molar-refractivity contribution >= 4 is 23.3 Å². The van der Waals surface area contributed by atoms with Gasteiger partial charge in [0, 0.05) is 43.7 Å². The van der Waals surface area contributed by atoms with E-state index in [2.05, 4.69) is 16.0 Å². The summed E-state index contributed by atoms with van der Waals surface area (Å²) < 4.78 is 0. The van der Waals surface area contributed by atoms with Gasteiger partial charge in [-0.2, -0.15) is 0 Å². The van der Waals surface area contributed by atoms with Crippen LogP contribution >= 0.6 is 0 Å². The van der Waals surface area contributed by atoms with E-state index in [1.807, 2.05) is 35.4 Å². The summed E-state index contributed by atoms with van der Waals surface area (Å²) in [5, 5.41) is 18.5. The number of fused-ring (bicyclic) bond motifs is 1. The van der Waals surface area contributed by atoms with Crippen molar-refractivity contribution in [3.05, 3.63) is 42.1 Å². The number of benzene rings is 1. The van der Waals surface area contributed by atoms with Crippen LogP contribution in [0.3, 0.4) is 0 Å². The van der Waals surface area contributed by atoms with Crippen LogP contribution in [0.1, 0.15) is 18.4 Å². The second-order valence-electron chi connectivity index (χ2n) is 7.41. The second-order valence-corrected chi connectivity index (χ2v) is 7.41. The lowest BCUT2D eigenvalue weighted by Gasteiger charge is -2.20. The van der Waals surface area contributed by atoms with Crippen LogP contribution in [0.25, 0.3) is 10.9 Å². The van der Waals surface area contributed by atoms with Crippen molar-refractivity contribution in [1.82, 2.24) is 14.8 Å². The average molecular weight is 385 g/mol. The third-order valence-corrected chi connectivity index (χ3v) is 5.52. The van der Waals surface area contributed by atoms with Crippen LogP contribution in [-0.4, -0.2) is 76.2 Å². The first-order chi connectivity index (χ1) is 13.6. The fourth-order valence-corrected chi connectivity index (χ4v) is 4.14. The molecule has 150 valence electrons.